The van der Waals surface area contributed by atoms with E-state index in [9.17, 15) is 0 Å². The Hall–Kier alpha value is -2.43. The molecule has 1 aromatic carbocycles. The molecule has 2 atom stereocenters. The number of benzene rings is 1. The molecule has 3 aromatic rings. The highest BCUT2D eigenvalue weighted by molar-refractivity contribution is 7.97. The van der Waals surface area contributed by atoms with Crippen molar-refractivity contribution in [3.05, 3.63) is 66.0 Å². The van der Waals surface area contributed by atoms with E-state index in [1.807, 2.05) is 12.4 Å². The van der Waals surface area contributed by atoms with Crippen LogP contribution in [0.4, 0.5) is 5.69 Å². The molecule has 0 saturated carbocycles. The maximum Gasteiger partial charge on any atom is 0.112 e. The van der Waals surface area contributed by atoms with E-state index in [2.05, 4.69) is 69.8 Å². The van der Waals surface area contributed by atoms with Crippen molar-refractivity contribution < 1.29 is 4.74 Å². The van der Waals surface area contributed by atoms with Gasteiger partial charge in [-0.25, -0.2) is 18.6 Å². The second-order valence-corrected chi connectivity index (χ2v) is 11.8. The summed E-state index contributed by atoms with van der Waals surface area (Å²) in [7, 11) is 0. The molecular formula is C27H30N6OS2. The summed E-state index contributed by atoms with van der Waals surface area (Å²) in [5.74, 6) is 0. The van der Waals surface area contributed by atoms with Crippen LogP contribution < -0.4 is 4.90 Å². The maximum atomic E-state index is 8.90. The summed E-state index contributed by atoms with van der Waals surface area (Å²) in [5, 5.41) is 10.8. The summed E-state index contributed by atoms with van der Waals surface area (Å²) < 4.78 is 10.5. The normalized spacial score (nSPS) is 22.5. The van der Waals surface area contributed by atoms with Crippen LogP contribution in [-0.2, 0) is 4.74 Å². The number of piperazine rings is 1. The van der Waals surface area contributed by atoms with Gasteiger partial charge in [0.05, 0.1) is 17.9 Å². The van der Waals surface area contributed by atoms with E-state index in [0.717, 1.165) is 71.6 Å². The molecule has 1 aliphatic carbocycles. The molecule has 4 heterocycles. The van der Waals surface area contributed by atoms with Gasteiger partial charge in [0.15, 0.2) is 0 Å². The van der Waals surface area contributed by atoms with Crippen LogP contribution in [0.15, 0.2) is 64.9 Å². The van der Waals surface area contributed by atoms with Gasteiger partial charge in [-0.2, -0.15) is 0 Å². The minimum absolute atomic E-state index is 0.210. The lowest BCUT2D eigenvalue weighted by atomic mass is 10.1. The second kappa shape index (κ2) is 10.1. The van der Waals surface area contributed by atoms with E-state index >= 15 is 0 Å². The smallest absolute Gasteiger partial charge is 0.112 e. The molecule has 0 radical (unpaired) electrons. The summed E-state index contributed by atoms with van der Waals surface area (Å²) >= 11 is 3.35. The Morgan fingerprint density at radius 3 is 1.92 bits per heavy atom. The summed E-state index contributed by atoms with van der Waals surface area (Å²) in [6.07, 6.45) is 4.24. The molecular weight excluding hydrogens is 488 g/mol. The molecule has 3 aliphatic rings. The fourth-order valence-electron chi connectivity index (χ4n) is 5.11. The van der Waals surface area contributed by atoms with Gasteiger partial charge < -0.3 is 9.64 Å². The summed E-state index contributed by atoms with van der Waals surface area (Å²) in [5.41, 5.74) is 5.74. The van der Waals surface area contributed by atoms with Gasteiger partial charge in [0.1, 0.15) is 10.1 Å². The fraction of sp³-hybridized carbons (Fsp3) is 0.370. The van der Waals surface area contributed by atoms with Gasteiger partial charge in [-0.3, -0.25) is 5.41 Å². The number of pyridine rings is 2. The molecule has 186 valence electrons. The lowest BCUT2D eigenvalue weighted by Crippen LogP contribution is -2.43. The van der Waals surface area contributed by atoms with Crippen LogP contribution in [-0.4, -0.2) is 75.8 Å². The zero-order chi connectivity index (χ0) is 24.6. The number of hydrogen-bond donors (Lipinski definition) is 1. The molecule has 2 aliphatic heterocycles. The monoisotopic (exact) mass is 518 g/mol. The molecule has 1 N–H and O–H groups in total. The summed E-state index contributed by atoms with van der Waals surface area (Å²) in [6.45, 7) is 9.89. The van der Waals surface area contributed by atoms with Crippen LogP contribution in [0.25, 0.3) is 11.1 Å². The molecule has 6 rings (SSSR count). The third-order valence-electron chi connectivity index (χ3n) is 6.78. The fourth-order valence-corrected chi connectivity index (χ4v) is 7.09. The van der Waals surface area contributed by atoms with E-state index in [-0.39, 0.29) is 12.2 Å². The number of nitrogens with one attached hydrogen (secondary N) is 1. The third-order valence-corrected chi connectivity index (χ3v) is 8.78. The Bertz CT molecular complexity index is 1250. The number of ether oxygens (including phenoxy) is 1. The van der Waals surface area contributed by atoms with E-state index in [0.29, 0.717) is 5.71 Å². The van der Waals surface area contributed by atoms with Gasteiger partial charge in [0.25, 0.3) is 0 Å². The number of nitrogens with zero attached hydrogens (tertiary/aromatic N) is 5. The van der Waals surface area contributed by atoms with E-state index in [1.54, 1.807) is 23.9 Å². The first-order valence-electron chi connectivity index (χ1n) is 12.4. The lowest BCUT2D eigenvalue weighted by Gasteiger charge is -2.35. The van der Waals surface area contributed by atoms with Gasteiger partial charge in [0, 0.05) is 79.6 Å². The van der Waals surface area contributed by atoms with E-state index in [4.69, 9.17) is 20.1 Å². The predicted molar refractivity (Wildman–Crippen MR) is 147 cm³/mol. The zero-order valence-electron chi connectivity index (χ0n) is 20.6. The Labute approximate surface area is 221 Å². The minimum atomic E-state index is 0.210. The van der Waals surface area contributed by atoms with Crippen molar-refractivity contribution in [2.24, 2.45) is 0 Å². The van der Waals surface area contributed by atoms with Crippen LogP contribution in [0, 0.1) is 5.41 Å². The molecule has 0 amide bonds. The molecule has 36 heavy (non-hydrogen) atoms. The molecule has 2 aromatic heterocycles. The van der Waals surface area contributed by atoms with Gasteiger partial charge in [-0.15, -0.1) is 0 Å². The van der Waals surface area contributed by atoms with Gasteiger partial charge in [-0.1, -0.05) is 18.2 Å². The van der Waals surface area contributed by atoms with Gasteiger partial charge in [-0.05, 0) is 62.0 Å². The van der Waals surface area contributed by atoms with Crippen LogP contribution in [0.1, 0.15) is 25.0 Å². The number of fused-ring (bicyclic) bond motifs is 3. The first-order valence-corrected chi connectivity index (χ1v) is 14.0. The maximum absolute atomic E-state index is 8.90. The van der Waals surface area contributed by atoms with Crippen molar-refractivity contribution in [2.45, 2.75) is 36.1 Å². The number of rotatable bonds is 5. The lowest BCUT2D eigenvalue weighted by molar-refractivity contribution is -0.0414. The van der Waals surface area contributed by atoms with Crippen molar-refractivity contribution in [1.82, 2.24) is 18.6 Å². The highest BCUT2D eigenvalue weighted by Crippen LogP contribution is 2.39. The largest absolute Gasteiger partial charge is 0.373 e. The number of morpholine rings is 1. The van der Waals surface area contributed by atoms with Crippen molar-refractivity contribution in [2.75, 3.05) is 44.2 Å². The van der Waals surface area contributed by atoms with Crippen molar-refractivity contribution in [3.63, 3.8) is 0 Å². The standard InChI is InChI=1S/C27H30N6OS2/c1-18-16-33(17-19(2)34-18)36-26-13-22-24(15-30-26)23-14-29-25(12-21(23)27(22)28)35-32-10-8-31(9-11-32)20-6-4-3-5-7-20/h3-7,12-15,18-19,28H,8-11,16-17H2,1-2H3/t18-,19+. The van der Waals surface area contributed by atoms with Crippen LogP contribution in [0.3, 0.4) is 0 Å². The van der Waals surface area contributed by atoms with Crippen molar-refractivity contribution in [3.8, 4) is 11.1 Å². The minimum Gasteiger partial charge on any atom is -0.373 e. The van der Waals surface area contributed by atoms with Crippen molar-refractivity contribution in [1.29, 1.82) is 5.41 Å². The molecule has 0 bridgehead atoms. The number of anilines is 1. The Morgan fingerprint density at radius 1 is 0.778 bits per heavy atom. The molecule has 0 spiro atoms. The number of aromatic nitrogens is 2. The average molecular weight is 519 g/mol. The molecule has 9 heteroatoms. The van der Waals surface area contributed by atoms with Gasteiger partial charge in [0.2, 0.25) is 0 Å². The Balaban J connectivity index is 1.12. The zero-order valence-corrected chi connectivity index (χ0v) is 22.2. The average Bonchev–Trinajstić information content (AvgIpc) is 3.15. The van der Waals surface area contributed by atoms with Crippen LogP contribution >= 0.6 is 23.9 Å². The predicted octanol–water partition coefficient (Wildman–Crippen LogP) is 4.82. The van der Waals surface area contributed by atoms with E-state index in [1.165, 1.54) is 5.69 Å². The topological polar surface area (TPSA) is 68.6 Å². The number of hydrogen-bond acceptors (Lipinski definition) is 9. The van der Waals surface area contributed by atoms with Crippen LogP contribution in [0.5, 0.6) is 0 Å². The number of para-hydroxylation sites is 1. The molecule has 2 fully saturated rings. The second-order valence-electron chi connectivity index (χ2n) is 9.55. The summed E-state index contributed by atoms with van der Waals surface area (Å²) in [6, 6.07) is 14.7. The highest BCUT2D eigenvalue weighted by atomic mass is 32.2. The summed E-state index contributed by atoms with van der Waals surface area (Å²) in [4.78, 5) is 11.9. The van der Waals surface area contributed by atoms with E-state index < -0.39 is 0 Å². The molecule has 2 saturated heterocycles. The van der Waals surface area contributed by atoms with Crippen LogP contribution in [0.2, 0.25) is 0 Å². The Morgan fingerprint density at radius 2 is 1.33 bits per heavy atom. The quantitative estimate of drug-likeness (QED) is 0.377. The first kappa shape index (κ1) is 23.9. The molecule has 0 unspecified atom stereocenters. The SMILES string of the molecule is C[C@@H]1CN(Sc2cc3c(cn2)-c2cnc(SN4CCN(c5ccccc5)CC4)cc2C3=N)C[C@H](C)O1. The van der Waals surface area contributed by atoms with Gasteiger partial charge >= 0.3 is 0 Å². The Kier molecular flexibility index (Phi) is 6.74. The highest BCUT2D eigenvalue weighted by Gasteiger charge is 2.28. The first-order chi connectivity index (χ1) is 17.5. The third kappa shape index (κ3) is 4.90. The van der Waals surface area contributed by atoms with Crippen molar-refractivity contribution >= 4 is 35.3 Å². The molecule has 7 nitrogen and oxygen atoms in total.